The van der Waals surface area contributed by atoms with E-state index in [1.54, 1.807) is 23.7 Å². The highest BCUT2D eigenvalue weighted by atomic mass is 32.1. The van der Waals surface area contributed by atoms with E-state index in [0.29, 0.717) is 17.4 Å². The number of fused-ring (bicyclic) bond motifs is 5. The van der Waals surface area contributed by atoms with E-state index in [9.17, 15) is 4.79 Å². The summed E-state index contributed by atoms with van der Waals surface area (Å²) in [5.41, 5.74) is 2.62. The van der Waals surface area contributed by atoms with Gasteiger partial charge in [0.1, 0.15) is 4.83 Å². The summed E-state index contributed by atoms with van der Waals surface area (Å²) >= 11 is 1.69. The molecule has 120 valence electrons. The lowest BCUT2D eigenvalue weighted by atomic mass is 9.89. The van der Waals surface area contributed by atoms with Crippen LogP contribution in [0.5, 0.6) is 0 Å². The van der Waals surface area contributed by atoms with Gasteiger partial charge in [0.05, 0.1) is 5.39 Å². The molecule has 4 aromatic heterocycles. The van der Waals surface area contributed by atoms with Gasteiger partial charge in [0.2, 0.25) is 0 Å². The van der Waals surface area contributed by atoms with Gasteiger partial charge in [-0.3, -0.25) is 9.97 Å². The molecule has 0 aromatic carbocycles. The number of nitrogens with one attached hydrogen (secondary N) is 1. The molecule has 1 N–H and O–H groups in total. The summed E-state index contributed by atoms with van der Waals surface area (Å²) in [6.07, 6.45) is 6.70. The number of thiophene rings is 1. The smallest absolute Gasteiger partial charge is 0.297 e. The molecule has 0 saturated heterocycles. The highest BCUT2D eigenvalue weighted by Crippen LogP contribution is 2.38. The van der Waals surface area contributed by atoms with Crippen molar-refractivity contribution in [2.75, 3.05) is 0 Å². The molecule has 1 aliphatic carbocycles. The van der Waals surface area contributed by atoms with Crippen LogP contribution in [-0.2, 0) is 12.8 Å². The Morgan fingerprint density at radius 1 is 1.33 bits per heavy atom. The third kappa shape index (κ3) is 1.94. The second-order valence-corrected chi connectivity index (χ2v) is 7.50. The number of hydrogen-bond acceptors (Lipinski definition) is 5. The predicted molar refractivity (Wildman–Crippen MR) is 93.4 cm³/mol. The van der Waals surface area contributed by atoms with Crippen molar-refractivity contribution in [3.05, 3.63) is 45.5 Å². The van der Waals surface area contributed by atoms with Crippen molar-refractivity contribution in [3.8, 4) is 11.4 Å². The molecule has 24 heavy (non-hydrogen) atoms. The number of hydrogen-bond donors (Lipinski definition) is 1. The van der Waals surface area contributed by atoms with Gasteiger partial charge in [0, 0.05) is 22.8 Å². The van der Waals surface area contributed by atoms with Crippen molar-refractivity contribution in [1.29, 1.82) is 0 Å². The number of rotatable bonds is 1. The number of aromatic nitrogens is 5. The Bertz CT molecular complexity index is 1120. The molecule has 4 heterocycles. The van der Waals surface area contributed by atoms with Crippen molar-refractivity contribution >= 4 is 27.2 Å². The number of aromatic amines is 1. The molecule has 1 aliphatic rings. The van der Waals surface area contributed by atoms with Crippen molar-refractivity contribution in [2.45, 2.75) is 26.2 Å². The van der Waals surface area contributed by atoms with Gasteiger partial charge >= 0.3 is 5.69 Å². The number of aryl methyl sites for hydroxylation is 1. The van der Waals surface area contributed by atoms with E-state index in [4.69, 9.17) is 0 Å². The summed E-state index contributed by atoms with van der Waals surface area (Å²) in [5.74, 6) is 1.25. The van der Waals surface area contributed by atoms with E-state index in [1.165, 1.54) is 21.4 Å². The van der Waals surface area contributed by atoms with Crippen LogP contribution in [0.4, 0.5) is 0 Å². The minimum absolute atomic E-state index is 0.239. The topological polar surface area (TPSA) is 75.9 Å². The van der Waals surface area contributed by atoms with Crippen LogP contribution < -0.4 is 5.69 Å². The highest BCUT2D eigenvalue weighted by Gasteiger charge is 2.24. The molecule has 0 bridgehead atoms. The summed E-state index contributed by atoms with van der Waals surface area (Å²) in [4.78, 5) is 26.4. The molecule has 0 unspecified atom stereocenters. The molecule has 0 spiro atoms. The lowest BCUT2D eigenvalue weighted by Gasteiger charge is -2.17. The highest BCUT2D eigenvalue weighted by molar-refractivity contribution is 7.19. The van der Waals surface area contributed by atoms with Crippen LogP contribution in [-0.4, -0.2) is 24.6 Å². The SMILES string of the molecule is C[C@@H]1CCc2c(sc3[nH]c(=O)n4nc(-c5ccncc5)nc4c23)C1. The van der Waals surface area contributed by atoms with Crippen LogP contribution in [0.2, 0.25) is 0 Å². The zero-order chi connectivity index (χ0) is 16.3. The fraction of sp³-hybridized carbons (Fsp3) is 0.294. The molecule has 1 atom stereocenters. The quantitative estimate of drug-likeness (QED) is 0.579. The third-order valence-corrected chi connectivity index (χ3v) is 5.86. The summed E-state index contributed by atoms with van der Waals surface area (Å²) in [6.45, 7) is 2.28. The fourth-order valence-electron chi connectivity index (χ4n) is 3.46. The number of nitrogens with zero attached hydrogens (tertiary/aromatic N) is 4. The van der Waals surface area contributed by atoms with Gasteiger partial charge in [-0.1, -0.05) is 6.92 Å². The number of pyridine rings is 1. The first-order valence-electron chi connectivity index (χ1n) is 8.04. The van der Waals surface area contributed by atoms with E-state index in [-0.39, 0.29) is 5.69 Å². The standard InChI is InChI=1S/C17H15N5OS/c1-9-2-3-11-12(8-9)24-16-13(11)15-19-14(10-4-6-18-7-5-10)21-22(15)17(23)20-16/h4-7,9H,2-3,8H2,1H3,(H,20,23)/t9-/m1/s1. The van der Waals surface area contributed by atoms with Gasteiger partial charge in [0.15, 0.2) is 11.5 Å². The Morgan fingerprint density at radius 2 is 2.17 bits per heavy atom. The van der Waals surface area contributed by atoms with Gasteiger partial charge in [-0.25, -0.2) is 9.78 Å². The third-order valence-electron chi connectivity index (χ3n) is 4.69. The lowest BCUT2D eigenvalue weighted by molar-refractivity contribution is 0.509. The maximum Gasteiger partial charge on any atom is 0.349 e. The first-order chi connectivity index (χ1) is 11.7. The molecule has 0 radical (unpaired) electrons. The molecular weight excluding hydrogens is 322 g/mol. The monoisotopic (exact) mass is 337 g/mol. The number of H-pyrrole nitrogens is 1. The van der Waals surface area contributed by atoms with Crippen molar-refractivity contribution in [3.63, 3.8) is 0 Å². The largest absolute Gasteiger partial charge is 0.349 e. The van der Waals surface area contributed by atoms with E-state index in [0.717, 1.165) is 28.6 Å². The van der Waals surface area contributed by atoms with Crippen molar-refractivity contribution in [2.24, 2.45) is 5.92 Å². The second kappa shape index (κ2) is 4.98. The van der Waals surface area contributed by atoms with Gasteiger partial charge in [0.25, 0.3) is 0 Å². The van der Waals surface area contributed by atoms with Gasteiger partial charge < -0.3 is 0 Å². The Hall–Kier alpha value is -2.54. The van der Waals surface area contributed by atoms with Gasteiger partial charge in [-0.2, -0.15) is 4.52 Å². The summed E-state index contributed by atoms with van der Waals surface area (Å²) in [5, 5.41) is 5.48. The minimum atomic E-state index is -0.239. The predicted octanol–water partition coefficient (Wildman–Crippen LogP) is 2.82. The first kappa shape index (κ1) is 13.9. The van der Waals surface area contributed by atoms with Gasteiger partial charge in [-0.15, -0.1) is 16.4 Å². The maximum atomic E-state index is 12.4. The lowest BCUT2D eigenvalue weighted by Crippen LogP contribution is -2.17. The summed E-state index contributed by atoms with van der Waals surface area (Å²) in [6, 6.07) is 3.70. The van der Waals surface area contributed by atoms with Crippen LogP contribution in [0, 0.1) is 5.92 Å². The van der Waals surface area contributed by atoms with E-state index in [1.807, 2.05) is 12.1 Å². The average molecular weight is 337 g/mol. The van der Waals surface area contributed by atoms with E-state index >= 15 is 0 Å². The van der Waals surface area contributed by atoms with E-state index in [2.05, 4.69) is 27.0 Å². The molecule has 0 fully saturated rings. The molecule has 0 amide bonds. The Kier molecular flexibility index (Phi) is 2.87. The zero-order valence-corrected chi connectivity index (χ0v) is 13.9. The molecule has 6 nitrogen and oxygen atoms in total. The zero-order valence-electron chi connectivity index (χ0n) is 13.1. The normalized spacial score (nSPS) is 17.5. The van der Waals surface area contributed by atoms with E-state index < -0.39 is 0 Å². The first-order valence-corrected chi connectivity index (χ1v) is 8.86. The van der Waals surface area contributed by atoms with Crippen LogP contribution in [0.25, 0.3) is 27.3 Å². The Morgan fingerprint density at radius 3 is 3.00 bits per heavy atom. The fourth-order valence-corrected chi connectivity index (χ4v) is 4.86. The minimum Gasteiger partial charge on any atom is -0.297 e. The van der Waals surface area contributed by atoms with Crippen LogP contribution in [0.15, 0.2) is 29.3 Å². The molecular formula is C17H15N5OS. The van der Waals surface area contributed by atoms with Crippen molar-refractivity contribution in [1.82, 2.24) is 24.6 Å². The average Bonchev–Trinajstić information content (AvgIpc) is 3.16. The van der Waals surface area contributed by atoms with Crippen LogP contribution >= 0.6 is 11.3 Å². The molecule has 0 aliphatic heterocycles. The summed E-state index contributed by atoms with van der Waals surface area (Å²) < 4.78 is 1.39. The maximum absolute atomic E-state index is 12.4. The molecule has 4 aromatic rings. The van der Waals surface area contributed by atoms with Crippen LogP contribution in [0.1, 0.15) is 23.8 Å². The van der Waals surface area contributed by atoms with Crippen LogP contribution in [0.3, 0.4) is 0 Å². The Labute approximate surface area is 141 Å². The molecule has 7 heteroatoms. The molecule has 5 rings (SSSR count). The van der Waals surface area contributed by atoms with Crippen molar-refractivity contribution < 1.29 is 0 Å². The van der Waals surface area contributed by atoms with Gasteiger partial charge in [-0.05, 0) is 42.9 Å². The summed E-state index contributed by atoms with van der Waals surface area (Å²) in [7, 11) is 0. The molecule has 0 saturated carbocycles. The Balaban J connectivity index is 1.84. The second-order valence-electron chi connectivity index (χ2n) is 6.39.